The number of benzene rings is 1. The summed E-state index contributed by atoms with van der Waals surface area (Å²) in [6.45, 7) is 3.42. The number of hydrogen-bond donors (Lipinski definition) is 1. The molecule has 1 aromatic carbocycles. The number of carbonyl (C=O) groups excluding carboxylic acids is 1. The van der Waals surface area contributed by atoms with Crippen molar-refractivity contribution in [1.82, 2.24) is 19.4 Å². The van der Waals surface area contributed by atoms with Crippen molar-refractivity contribution in [3.05, 3.63) is 47.5 Å². The van der Waals surface area contributed by atoms with Crippen molar-refractivity contribution in [2.45, 2.75) is 26.2 Å². The molecule has 1 aliphatic heterocycles. The molecule has 1 N–H and O–H groups in total. The number of hydrogen-bond acceptors (Lipinski definition) is 4. The van der Waals surface area contributed by atoms with E-state index >= 15 is 0 Å². The highest BCUT2D eigenvalue weighted by Gasteiger charge is 2.25. The summed E-state index contributed by atoms with van der Waals surface area (Å²) < 4.78 is 39.4. The molecule has 2 aromatic rings. The lowest BCUT2D eigenvalue weighted by Gasteiger charge is -2.30. The third-order valence-electron chi connectivity index (χ3n) is 5.11. The summed E-state index contributed by atoms with van der Waals surface area (Å²) in [5, 5.41) is 7.25. The average molecular weight is 408 g/mol. The molecular formula is C19H25FN4O3S. The molecule has 0 radical (unpaired) electrons. The lowest BCUT2D eigenvalue weighted by atomic mass is 9.98. The van der Waals surface area contributed by atoms with Crippen LogP contribution in [0.4, 0.5) is 4.39 Å². The van der Waals surface area contributed by atoms with E-state index in [4.69, 9.17) is 0 Å². The highest BCUT2D eigenvalue weighted by atomic mass is 32.2. The van der Waals surface area contributed by atoms with E-state index in [2.05, 4.69) is 10.4 Å². The summed E-state index contributed by atoms with van der Waals surface area (Å²) in [5.41, 5.74) is 1.96. The highest BCUT2D eigenvalue weighted by molar-refractivity contribution is 7.88. The molecule has 1 amide bonds. The van der Waals surface area contributed by atoms with E-state index in [0.29, 0.717) is 37.3 Å². The molecule has 0 spiro atoms. The van der Waals surface area contributed by atoms with Crippen LogP contribution < -0.4 is 5.32 Å². The Kier molecular flexibility index (Phi) is 6.14. The standard InChI is InChI=1S/C19H25FN4O3S/c1-3-18-17(13-22-24(18)16-6-4-15(20)5-7-16)19(25)21-12-14-8-10-23(11-9-14)28(2,26)27/h4-7,13-14H,3,8-12H2,1-2H3,(H,21,25). The molecule has 1 fully saturated rings. The van der Waals surface area contributed by atoms with Crippen molar-refractivity contribution in [1.29, 1.82) is 0 Å². The second-order valence-corrected chi connectivity index (χ2v) is 9.04. The highest BCUT2D eigenvalue weighted by Crippen LogP contribution is 2.20. The largest absolute Gasteiger partial charge is 0.352 e. The van der Waals surface area contributed by atoms with E-state index in [1.54, 1.807) is 16.8 Å². The molecule has 1 aromatic heterocycles. The van der Waals surface area contributed by atoms with Crippen LogP contribution in [0.3, 0.4) is 0 Å². The van der Waals surface area contributed by atoms with Gasteiger partial charge in [0.2, 0.25) is 10.0 Å². The SMILES string of the molecule is CCc1c(C(=O)NCC2CCN(S(C)(=O)=O)CC2)cnn1-c1ccc(F)cc1. The molecule has 7 nitrogen and oxygen atoms in total. The van der Waals surface area contributed by atoms with Gasteiger partial charge in [-0.15, -0.1) is 0 Å². The van der Waals surface area contributed by atoms with Gasteiger partial charge in [-0.05, 0) is 49.4 Å². The Bertz CT molecular complexity index is 933. The van der Waals surface area contributed by atoms with Gasteiger partial charge in [0.1, 0.15) is 5.82 Å². The second-order valence-electron chi connectivity index (χ2n) is 7.06. The molecular weight excluding hydrogens is 383 g/mol. The van der Waals surface area contributed by atoms with Crippen LogP contribution in [0.5, 0.6) is 0 Å². The van der Waals surface area contributed by atoms with Crippen LogP contribution in [0.2, 0.25) is 0 Å². The van der Waals surface area contributed by atoms with Crippen molar-refractivity contribution < 1.29 is 17.6 Å². The number of carbonyl (C=O) groups is 1. The lowest BCUT2D eigenvalue weighted by molar-refractivity contribution is 0.0940. The monoisotopic (exact) mass is 408 g/mol. The van der Waals surface area contributed by atoms with Crippen LogP contribution in [-0.2, 0) is 16.4 Å². The molecule has 1 saturated heterocycles. The van der Waals surface area contributed by atoms with Gasteiger partial charge < -0.3 is 5.32 Å². The van der Waals surface area contributed by atoms with E-state index in [9.17, 15) is 17.6 Å². The summed E-state index contributed by atoms with van der Waals surface area (Å²) in [4.78, 5) is 12.7. The first kappa shape index (κ1) is 20.5. The van der Waals surface area contributed by atoms with Crippen LogP contribution >= 0.6 is 0 Å². The topological polar surface area (TPSA) is 84.3 Å². The number of aromatic nitrogens is 2. The van der Waals surface area contributed by atoms with Gasteiger partial charge in [0.15, 0.2) is 0 Å². The Morgan fingerprint density at radius 1 is 1.25 bits per heavy atom. The fraction of sp³-hybridized carbons (Fsp3) is 0.474. The zero-order valence-corrected chi connectivity index (χ0v) is 16.9. The van der Waals surface area contributed by atoms with Gasteiger partial charge in [-0.2, -0.15) is 5.10 Å². The maximum Gasteiger partial charge on any atom is 0.254 e. The number of nitrogens with one attached hydrogen (secondary N) is 1. The van der Waals surface area contributed by atoms with Crippen molar-refractivity contribution >= 4 is 15.9 Å². The predicted octanol–water partition coefficient (Wildman–Crippen LogP) is 1.98. The zero-order valence-electron chi connectivity index (χ0n) is 16.1. The van der Waals surface area contributed by atoms with Crippen LogP contribution in [0.25, 0.3) is 5.69 Å². The molecule has 1 aliphatic rings. The molecule has 0 bridgehead atoms. The Balaban J connectivity index is 1.63. The Labute approximate surface area is 164 Å². The summed E-state index contributed by atoms with van der Waals surface area (Å²) in [6, 6.07) is 5.97. The summed E-state index contributed by atoms with van der Waals surface area (Å²) in [6.07, 6.45) is 4.81. The first-order valence-corrected chi connectivity index (χ1v) is 11.2. The zero-order chi connectivity index (χ0) is 20.3. The molecule has 0 saturated carbocycles. The smallest absolute Gasteiger partial charge is 0.254 e. The van der Waals surface area contributed by atoms with Crippen molar-refractivity contribution in [3.63, 3.8) is 0 Å². The summed E-state index contributed by atoms with van der Waals surface area (Å²) >= 11 is 0. The minimum Gasteiger partial charge on any atom is -0.352 e. The van der Waals surface area contributed by atoms with Gasteiger partial charge >= 0.3 is 0 Å². The molecule has 2 heterocycles. The molecule has 3 rings (SSSR count). The number of rotatable bonds is 6. The van der Waals surface area contributed by atoms with Crippen LogP contribution in [0, 0.1) is 11.7 Å². The van der Waals surface area contributed by atoms with Crippen LogP contribution in [0.1, 0.15) is 35.8 Å². The Morgan fingerprint density at radius 2 is 1.89 bits per heavy atom. The molecule has 28 heavy (non-hydrogen) atoms. The maximum absolute atomic E-state index is 13.2. The van der Waals surface area contributed by atoms with Crippen LogP contribution in [0.15, 0.2) is 30.5 Å². The number of sulfonamides is 1. The number of piperidine rings is 1. The fourth-order valence-electron chi connectivity index (χ4n) is 3.49. The van der Waals surface area contributed by atoms with Crippen molar-refractivity contribution in [2.24, 2.45) is 5.92 Å². The number of halogens is 1. The second kappa shape index (κ2) is 8.40. The average Bonchev–Trinajstić information content (AvgIpc) is 3.10. The Morgan fingerprint density at radius 3 is 2.46 bits per heavy atom. The van der Waals surface area contributed by atoms with Gasteiger partial charge in [0.25, 0.3) is 5.91 Å². The number of amides is 1. The Hall–Kier alpha value is -2.26. The van der Waals surface area contributed by atoms with E-state index < -0.39 is 10.0 Å². The molecule has 0 atom stereocenters. The van der Waals surface area contributed by atoms with E-state index in [1.165, 1.54) is 28.9 Å². The quantitative estimate of drug-likeness (QED) is 0.792. The molecule has 0 aliphatic carbocycles. The summed E-state index contributed by atoms with van der Waals surface area (Å²) in [7, 11) is -3.15. The summed E-state index contributed by atoms with van der Waals surface area (Å²) in [5.74, 6) is -0.274. The first-order chi connectivity index (χ1) is 13.3. The normalized spacial score (nSPS) is 16.2. The third-order valence-corrected chi connectivity index (χ3v) is 6.42. The lowest BCUT2D eigenvalue weighted by Crippen LogP contribution is -2.41. The van der Waals surface area contributed by atoms with E-state index in [-0.39, 0.29) is 17.6 Å². The van der Waals surface area contributed by atoms with E-state index in [0.717, 1.165) is 18.5 Å². The van der Waals surface area contributed by atoms with Gasteiger partial charge in [-0.3, -0.25) is 4.79 Å². The number of nitrogens with zero attached hydrogens (tertiary/aromatic N) is 3. The molecule has 0 unspecified atom stereocenters. The molecule has 9 heteroatoms. The van der Waals surface area contributed by atoms with Gasteiger partial charge in [-0.1, -0.05) is 6.92 Å². The van der Waals surface area contributed by atoms with Gasteiger partial charge in [0.05, 0.1) is 29.4 Å². The van der Waals surface area contributed by atoms with Gasteiger partial charge in [-0.25, -0.2) is 21.8 Å². The molecule has 152 valence electrons. The third kappa shape index (κ3) is 4.59. The minimum absolute atomic E-state index is 0.198. The van der Waals surface area contributed by atoms with E-state index in [1.807, 2.05) is 6.92 Å². The minimum atomic E-state index is -3.15. The van der Waals surface area contributed by atoms with Gasteiger partial charge in [0, 0.05) is 19.6 Å². The van der Waals surface area contributed by atoms with Crippen molar-refractivity contribution in [2.75, 3.05) is 25.9 Å². The predicted molar refractivity (Wildman–Crippen MR) is 104 cm³/mol. The van der Waals surface area contributed by atoms with Crippen molar-refractivity contribution in [3.8, 4) is 5.69 Å². The maximum atomic E-state index is 13.2. The van der Waals surface area contributed by atoms with Crippen LogP contribution in [-0.4, -0.2) is 54.3 Å². The fourth-order valence-corrected chi connectivity index (χ4v) is 4.36. The first-order valence-electron chi connectivity index (χ1n) is 9.35.